The van der Waals surface area contributed by atoms with Gasteiger partial charge in [-0.1, -0.05) is 84.9 Å². The van der Waals surface area contributed by atoms with E-state index in [1.165, 1.54) is 0 Å². The maximum Gasteiger partial charge on any atom is 0.410 e. The van der Waals surface area contributed by atoms with E-state index in [9.17, 15) is 19.5 Å². The normalized spacial score (nSPS) is 17.3. The van der Waals surface area contributed by atoms with Crippen LogP contribution in [0.15, 0.2) is 84.9 Å². The van der Waals surface area contributed by atoms with E-state index in [0.29, 0.717) is 5.56 Å². The van der Waals surface area contributed by atoms with E-state index < -0.39 is 30.8 Å². The molecule has 0 aliphatic carbocycles. The maximum absolute atomic E-state index is 12.6. The fourth-order valence-corrected chi connectivity index (χ4v) is 3.84. The molecule has 3 aromatic carbocycles. The molecular formula is C27H25NO6. The Morgan fingerprint density at radius 2 is 1.44 bits per heavy atom. The van der Waals surface area contributed by atoms with Crippen LogP contribution in [0, 0.1) is 0 Å². The average Bonchev–Trinajstić information content (AvgIpc) is 3.28. The number of ketones is 1. The molecule has 0 unspecified atom stereocenters. The van der Waals surface area contributed by atoms with Gasteiger partial charge in [-0.25, -0.2) is 9.59 Å². The lowest BCUT2D eigenvalue weighted by atomic mass is 10.0. The summed E-state index contributed by atoms with van der Waals surface area (Å²) in [4.78, 5) is 38.8. The molecule has 0 aromatic heterocycles. The van der Waals surface area contributed by atoms with E-state index in [2.05, 4.69) is 0 Å². The van der Waals surface area contributed by atoms with Crippen LogP contribution in [-0.4, -0.2) is 53.1 Å². The van der Waals surface area contributed by atoms with Crippen molar-refractivity contribution < 1.29 is 29.0 Å². The number of rotatable bonds is 7. The number of Topliss-reactive ketones (excluding diaryl/α,β-unsaturated/α-hetero) is 1. The third-order valence-corrected chi connectivity index (χ3v) is 5.65. The van der Waals surface area contributed by atoms with Gasteiger partial charge < -0.3 is 14.6 Å². The van der Waals surface area contributed by atoms with Gasteiger partial charge in [0.15, 0.2) is 12.4 Å². The summed E-state index contributed by atoms with van der Waals surface area (Å²) >= 11 is 0. The number of hydrogen-bond acceptors (Lipinski definition) is 6. The summed E-state index contributed by atoms with van der Waals surface area (Å²) in [5, 5.41) is 10.0. The second-order valence-electron chi connectivity index (χ2n) is 8.07. The first-order valence-electron chi connectivity index (χ1n) is 11.0. The highest BCUT2D eigenvalue weighted by atomic mass is 16.6. The van der Waals surface area contributed by atoms with Crippen LogP contribution in [0.3, 0.4) is 0 Å². The largest absolute Gasteiger partial charge is 0.456 e. The molecule has 0 radical (unpaired) electrons. The lowest BCUT2D eigenvalue weighted by Gasteiger charge is -2.22. The zero-order valence-corrected chi connectivity index (χ0v) is 18.5. The summed E-state index contributed by atoms with van der Waals surface area (Å²) in [6, 6.07) is 24.9. The molecule has 2 atom stereocenters. The maximum atomic E-state index is 12.6. The third kappa shape index (κ3) is 5.68. The topological polar surface area (TPSA) is 93.1 Å². The second-order valence-corrected chi connectivity index (χ2v) is 8.07. The van der Waals surface area contributed by atoms with Crippen molar-refractivity contribution in [3.63, 3.8) is 0 Å². The van der Waals surface area contributed by atoms with Gasteiger partial charge in [-0.15, -0.1) is 0 Å². The van der Waals surface area contributed by atoms with Crippen LogP contribution in [0.1, 0.15) is 22.3 Å². The van der Waals surface area contributed by atoms with E-state index in [4.69, 9.17) is 9.47 Å². The first kappa shape index (κ1) is 23.2. The Labute approximate surface area is 197 Å². The number of β-amino-alcohol motifs (C(OH)–C–C–N with tert-alkyl or cyclic N) is 1. The van der Waals surface area contributed by atoms with Crippen molar-refractivity contribution in [2.45, 2.75) is 25.2 Å². The van der Waals surface area contributed by atoms with Crippen molar-refractivity contribution in [2.24, 2.45) is 0 Å². The predicted molar refractivity (Wildman–Crippen MR) is 125 cm³/mol. The molecule has 1 aliphatic rings. The van der Waals surface area contributed by atoms with Gasteiger partial charge in [-0.2, -0.15) is 0 Å². The minimum Gasteiger partial charge on any atom is -0.456 e. The van der Waals surface area contributed by atoms with Gasteiger partial charge in [0.25, 0.3) is 0 Å². The van der Waals surface area contributed by atoms with Crippen LogP contribution in [0.2, 0.25) is 0 Å². The van der Waals surface area contributed by atoms with Crippen LogP contribution >= 0.6 is 0 Å². The molecule has 174 valence electrons. The quantitative estimate of drug-likeness (QED) is 0.426. The van der Waals surface area contributed by atoms with Gasteiger partial charge >= 0.3 is 12.1 Å². The van der Waals surface area contributed by atoms with Crippen molar-refractivity contribution in [1.82, 2.24) is 4.90 Å². The van der Waals surface area contributed by atoms with Gasteiger partial charge in [-0.05, 0) is 16.7 Å². The minimum absolute atomic E-state index is 0.0270. The van der Waals surface area contributed by atoms with Gasteiger partial charge in [0.05, 0.1) is 12.6 Å². The number of esters is 1. The van der Waals surface area contributed by atoms with Gasteiger partial charge in [-0.3, -0.25) is 9.69 Å². The number of ether oxygens (including phenoxy) is 2. The van der Waals surface area contributed by atoms with E-state index in [1.807, 2.05) is 72.8 Å². The molecule has 1 amide bonds. The zero-order valence-electron chi connectivity index (χ0n) is 18.5. The number of likely N-dealkylation sites (tertiary alicyclic amines) is 1. The lowest BCUT2D eigenvalue weighted by molar-refractivity contribution is -0.147. The smallest absolute Gasteiger partial charge is 0.410 e. The fraction of sp³-hybridized carbons (Fsp3) is 0.222. The fourth-order valence-electron chi connectivity index (χ4n) is 3.84. The van der Waals surface area contributed by atoms with Crippen LogP contribution in [0.4, 0.5) is 4.79 Å². The monoisotopic (exact) mass is 459 g/mol. The molecule has 0 saturated carbocycles. The van der Waals surface area contributed by atoms with Crippen molar-refractivity contribution in [1.29, 1.82) is 0 Å². The number of aliphatic hydroxyl groups is 1. The van der Waals surface area contributed by atoms with Crippen molar-refractivity contribution >= 4 is 17.8 Å². The Morgan fingerprint density at radius 1 is 0.824 bits per heavy atom. The third-order valence-electron chi connectivity index (χ3n) is 5.65. The number of nitrogens with zero attached hydrogens (tertiary/aromatic N) is 1. The molecule has 7 heteroatoms. The lowest BCUT2D eigenvalue weighted by Crippen LogP contribution is -2.42. The van der Waals surface area contributed by atoms with Gasteiger partial charge in [0.2, 0.25) is 0 Å². The summed E-state index contributed by atoms with van der Waals surface area (Å²) in [7, 11) is 0. The average molecular weight is 459 g/mol. The van der Waals surface area contributed by atoms with Gasteiger partial charge in [0, 0.05) is 12.0 Å². The number of amides is 1. The highest BCUT2D eigenvalue weighted by molar-refractivity contribution is 5.98. The molecule has 34 heavy (non-hydrogen) atoms. The summed E-state index contributed by atoms with van der Waals surface area (Å²) in [6.45, 7) is -0.448. The number of aliphatic hydroxyl groups excluding tert-OH is 1. The molecular weight excluding hydrogens is 434 g/mol. The molecule has 1 aliphatic heterocycles. The second kappa shape index (κ2) is 10.8. The van der Waals surface area contributed by atoms with Crippen LogP contribution in [0.25, 0.3) is 11.1 Å². The minimum atomic E-state index is -1.01. The SMILES string of the molecule is O=C(COC(=O)[C@H]1C[C@@H](O)CN1C(=O)OCc1ccccc1)c1ccc(-c2ccccc2)cc1. The number of carbonyl (C=O) groups excluding carboxylic acids is 3. The Bertz CT molecular complexity index is 1130. The summed E-state index contributed by atoms with van der Waals surface area (Å²) in [5.74, 6) is -1.10. The first-order valence-corrected chi connectivity index (χ1v) is 11.0. The van der Waals surface area contributed by atoms with E-state index in [-0.39, 0.29) is 25.4 Å². The predicted octanol–water partition coefficient (Wildman–Crippen LogP) is 3.85. The van der Waals surface area contributed by atoms with Gasteiger partial charge in [0.1, 0.15) is 12.6 Å². The summed E-state index contributed by atoms with van der Waals surface area (Å²) in [6.07, 6.45) is -1.56. The Hall–Kier alpha value is -3.97. The summed E-state index contributed by atoms with van der Waals surface area (Å²) in [5.41, 5.74) is 3.22. The molecule has 4 rings (SSSR count). The molecule has 3 aromatic rings. The molecule has 1 saturated heterocycles. The van der Waals surface area contributed by atoms with Crippen molar-refractivity contribution in [3.8, 4) is 11.1 Å². The Balaban J connectivity index is 1.32. The Kier molecular flexibility index (Phi) is 7.34. The Morgan fingerprint density at radius 3 is 2.12 bits per heavy atom. The van der Waals surface area contributed by atoms with E-state index >= 15 is 0 Å². The molecule has 7 nitrogen and oxygen atoms in total. The molecule has 1 fully saturated rings. The highest BCUT2D eigenvalue weighted by Crippen LogP contribution is 2.22. The highest BCUT2D eigenvalue weighted by Gasteiger charge is 2.41. The van der Waals surface area contributed by atoms with Crippen molar-refractivity contribution in [2.75, 3.05) is 13.2 Å². The zero-order chi connectivity index (χ0) is 23.9. The molecule has 1 heterocycles. The molecule has 0 bridgehead atoms. The van der Waals surface area contributed by atoms with Crippen LogP contribution in [0.5, 0.6) is 0 Å². The van der Waals surface area contributed by atoms with Crippen LogP contribution < -0.4 is 0 Å². The first-order chi connectivity index (χ1) is 16.5. The molecule has 1 N–H and O–H groups in total. The number of hydrogen-bond donors (Lipinski definition) is 1. The van der Waals surface area contributed by atoms with E-state index in [1.54, 1.807) is 12.1 Å². The molecule has 0 spiro atoms. The standard InChI is InChI=1S/C27H25NO6/c29-23-15-24(28(16-23)27(32)34-17-19-7-3-1-4-8-19)26(31)33-18-25(30)22-13-11-21(12-14-22)20-9-5-2-6-10-20/h1-14,23-24,29H,15-18H2/t23-,24-/m1/s1. The van der Waals surface area contributed by atoms with Crippen molar-refractivity contribution in [3.05, 3.63) is 96.1 Å². The number of benzene rings is 3. The number of carbonyl (C=O) groups is 3. The van der Waals surface area contributed by atoms with Crippen LogP contribution in [-0.2, 0) is 20.9 Å². The summed E-state index contributed by atoms with van der Waals surface area (Å²) < 4.78 is 10.5. The van der Waals surface area contributed by atoms with E-state index in [0.717, 1.165) is 21.6 Å².